The van der Waals surface area contributed by atoms with Gasteiger partial charge in [-0.25, -0.2) is 0 Å². The number of halogens is 3. The van der Waals surface area contributed by atoms with Crippen LogP contribution in [-0.2, 0) is 27.0 Å². The molecule has 0 saturated heterocycles. The normalized spacial score (nSPS) is 12.5. The Balaban J connectivity index is 1.78. The standard InChI is InChI=1S/C16H16F3N3O3/c1-11(12-5-3-2-4-6-12)20-14(23)10-25-15(24)9-22-8-7-13(21-22)16(17,18)19/h2-8,11H,9-10H2,1H3,(H,20,23). The fourth-order valence-corrected chi connectivity index (χ4v) is 2.03. The first-order valence-electron chi connectivity index (χ1n) is 7.36. The fourth-order valence-electron chi connectivity index (χ4n) is 2.03. The number of esters is 1. The summed E-state index contributed by atoms with van der Waals surface area (Å²) in [5.74, 6) is -1.37. The molecule has 0 aliphatic carbocycles. The molecule has 1 atom stereocenters. The molecule has 0 spiro atoms. The molecule has 6 nitrogen and oxygen atoms in total. The summed E-state index contributed by atoms with van der Waals surface area (Å²) in [6, 6.07) is 9.67. The van der Waals surface area contributed by atoms with E-state index in [1.807, 2.05) is 30.3 Å². The molecule has 1 unspecified atom stereocenters. The highest BCUT2D eigenvalue weighted by Gasteiger charge is 2.33. The van der Waals surface area contributed by atoms with Crippen molar-refractivity contribution in [1.29, 1.82) is 0 Å². The van der Waals surface area contributed by atoms with Gasteiger partial charge in [-0.3, -0.25) is 14.3 Å². The molecule has 2 aromatic rings. The van der Waals surface area contributed by atoms with E-state index in [9.17, 15) is 22.8 Å². The summed E-state index contributed by atoms with van der Waals surface area (Å²) in [6.45, 7) is 0.735. The highest BCUT2D eigenvalue weighted by atomic mass is 19.4. The van der Waals surface area contributed by atoms with Crippen molar-refractivity contribution in [2.45, 2.75) is 25.7 Å². The number of rotatable bonds is 6. The number of carbonyl (C=O) groups excluding carboxylic acids is 2. The van der Waals surface area contributed by atoms with Gasteiger partial charge in [0.15, 0.2) is 12.3 Å². The van der Waals surface area contributed by atoms with Crippen molar-refractivity contribution < 1.29 is 27.5 Å². The zero-order valence-electron chi connectivity index (χ0n) is 13.3. The summed E-state index contributed by atoms with van der Waals surface area (Å²) in [5, 5.41) is 5.88. The number of amides is 1. The molecule has 0 saturated carbocycles. The van der Waals surface area contributed by atoms with Crippen molar-refractivity contribution in [3.05, 3.63) is 53.9 Å². The fraction of sp³-hybridized carbons (Fsp3) is 0.312. The Kier molecular flexibility index (Phi) is 5.79. The highest BCUT2D eigenvalue weighted by Crippen LogP contribution is 2.27. The molecular formula is C16H16F3N3O3. The number of alkyl halides is 3. The molecule has 1 heterocycles. The Morgan fingerprint density at radius 3 is 2.52 bits per heavy atom. The van der Waals surface area contributed by atoms with Crippen LogP contribution >= 0.6 is 0 Å². The van der Waals surface area contributed by atoms with Crippen LogP contribution in [0.4, 0.5) is 13.2 Å². The van der Waals surface area contributed by atoms with Crippen LogP contribution in [0.15, 0.2) is 42.6 Å². The minimum atomic E-state index is -4.58. The first-order valence-corrected chi connectivity index (χ1v) is 7.36. The largest absolute Gasteiger partial charge is 0.454 e. The number of benzene rings is 1. The average molecular weight is 355 g/mol. The van der Waals surface area contributed by atoms with Crippen LogP contribution < -0.4 is 5.32 Å². The molecule has 0 bridgehead atoms. The average Bonchev–Trinajstić information content (AvgIpc) is 3.02. The molecule has 0 aliphatic heterocycles. The van der Waals surface area contributed by atoms with Crippen LogP contribution in [0.25, 0.3) is 0 Å². The van der Waals surface area contributed by atoms with Crippen LogP contribution in [0.3, 0.4) is 0 Å². The van der Waals surface area contributed by atoms with Crippen molar-refractivity contribution >= 4 is 11.9 Å². The van der Waals surface area contributed by atoms with E-state index in [1.165, 1.54) is 0 Å². The summed E-state index contributed by atoms with van der Waals surface area (Å²) in [5.41, 5.74) is -0.215. The summed E-state index contributed by atoms with van der Waals surface area (Å²) in [7, 11) is 0. The molecule has 1 aromatic heterocycles. The first-order chi connectivity index (χ1) is 11.8. The van der Waals surface area contributed by atoms with Gasteiger partial charge in [-0.2, -0.15) is 18.3 Å². The second-order valence-electron chi connectivity index (χ2n) is 5.26. The maximum Gasteiger partial charge on any atom is 0.435 e. The molecule has 9 heteroatoms. The molecule has 134 valence electrons. The van der Waals surface area contributed by atoms with E-state index in [0.717, 1.165) is 22.5 Å². The van der Waals surface area contributed by atoms with Crippen LogP contribution in [0.1, 0.15) is 24.2 Å². The summed E-state index contributed by atoms with van der Waals surface area (Å²) >= 11 is 0. The molecular weight excluding hydrogens is 339 g/mol. The van der Waals surface area contributed by atoms with Gasteiger partial charge in [0, 0.05) is 6.20 Å². The lowest BCUT2D eigenvalue weighted by Gasteiger charge is -2.14. The second-order valence-corrected chi connectivity index (χ2v) is 5.26. The molecule has 1 amide bonds. The van der Waals surface area contributed by atoms with Crippen LogP contribution in [-0.4, -0.2) is 28.3 Å². The number of aromatic nitrogens is 2. The van der Waals surface area contributed by atoms with Gasteiger partial charge in [-0.15, -0.1) is 0 Å². The van der Waals surface area contributed by atoms with Crippen molar-refractivity contribution in [2.24, 2.45) is 0 Å². The zero-order chi connectivity index (χ0) is 18.4. The Hall–Kier alpha value is -2.84. The number of nitrogens with zero attached hydrogens (tertiary/aromatic N) is 2. The third-order valence-corrected chi connectivity index (χ3v) is 3.26. The Morgan fingerprint density at radius 2 is 1.92 bits per heavy atom. The molecule has 25 heavy (non-hydrogen) atoms. The lowest BCUT2D eigenvalue weighted by Crippen LogP contribution is -2.31. The number of hydrogen-bond donors (Lipinski definition) is 1. The highest BCUT2D eigenvalue weighted by molar-refractivity contribution is 5.80. The predicted octanol–water partition coefficient (Wildman–Crippen LogP) is 2.32. The Morgan fingerprint density at radius 1 is 1.24 bits per heavy atom. The van der Waals surface area contributed by atoms with Crippen LogP contribution in [0.5, 0.6) is 0 Å². The van der Waals surface area contributed by atoms with Crippen molar-refractivity contribution in [3.63, 3.8) is 0 Å². The van der Waals surface area contributed by atoms with Gasteiger partial charge in [0.25, 0.3) is 5.91 Å². The maximum atomic E-state index is 12.4. The topological polar surface area (TPSA) is 73.2 Å². The van der Waals surface area contributed by atoms with Crippen LogP contribution in [0, 0.1) is 0 Å². The lowest BCUT2D eigenvalue weighted by molar-refractivity contribution is -0.150. The van der Waals surface area contributed by atoms with Crippen molar-refractivity contribution in [1.82, 2.24) is 15.1 Å². The second kappa shape index (κ2) is 7.82. The van der Waals surface area contributed by atoms with E-state index in [0.29, 0.717) is 0 Å². The van der Waals surface area contributed by atoms with Gasteiger partial charge in [0.05, 0.1) is 6.04 Å². The van der Waals surface area contributed by atoms with E-state index < -0.39 is 36.9 Å². The van der Waals surface area contributed by atoms with Gasteiger partial charge >= 0.3 is 12.1 Å². The molecule has 0 radical (unpaired) electrons. The van der Waals surface area contributed by atoms with E-state index >= 15 is 0 Å². The summed E-state index contributed by atoms with van der Waals surface area (Å²) < 4.78 is 42.8. The number of ether oxygens (including phenoxy) is 1. The maximum absolute atomic E-state index is 12.4. The molecule has 0 aliphatic rings. The summed E-state index contributed by atoms with van der Waals surface area (Å²) in [6.07, 6.45) is -3.57. The number of hydrogen-bond acceptors (Lipinski definition) is 4. The van der Waals surface area contributed by atoms with Crippen molar-refractivity contribution in [2.75, 3.05) is 6.61 Å². The minimum Gasteiger partial charge on any atom is -0.454 e. The quantitative estimate of drug-likeness (QED) is 0.807. The van der Waals surface area contributed by atoms with Crippen LogP contribution in [0.2, 0.25) is 0 Å². The van der Waals surface area contributed by atoms with Crippen molar-refractivity contribution in [3.8, 4) is 0 Å². The number of nitrogens with one attached hydrogen (secondary N) is 1. The lowest BCUT2D eigenvalue weighted by atomic mass is 10.1. The third-order valence-electron chi connectivity index (χ3n) is 3.26. The molecule has 0 fully saturated rings. The van der Waals surface area contributed by atoms with Gasteiger partial charge in [-0.1, -0.05) is 30.3 Å². The monoisotopic (exact) mass is 355 g/mol. The smallest absolute Gasteiger partial charge is 0.435 e. The molecule has 1 aromatic carbocycles. The Bertz CT molecular complexity index is 729. The van der Waals surface area contributed by atoms with E-state index in [2.05, 4.69) is 10.4 Å². The van der Waals surface area contributed by atoms with Gasteiger partial charge in [0.1, 0.15) is 6.54 Å². The Labute approximate surface area is 141 Å². The van der Waals surface area contributed by atoms with Gasteiger partial charge < -0.3 is 10.1 Å². The third kappa shape index (κ3) is 5.63. The SMILES string of the molecule is CC(NC(=O)COC(=O)Cn1ccc(C(F)(F)F)n1)c1ccccc1. The predicted molar refractivity (Wildman–Crippen MR) is 81.2 cm³/mol. The molecule has 2 rings (SSSR count). The van der Waals surface area contributed by atoms with Gasteiger partial charge in [0.2, 0.25) is 0 Å². The summed E-state index contributed by atoms with van der Waals surface area (Å²) in [4.78, 5) is 23.3. The van der Waals surface area contributed by atoms with Gasteiger partial charge in [-0.05, 0) is 18.6 Å². The van der Waals surface area contributed by atoms with E-state index in [4.69, 9.17) is 4.74 Å². The number of carbonyl (C=O) groups is 2. The minimum absolute atomic E-state index is 0.270. The zero-order valence-corrected chi connectivity index (χ0v) is 13.3. The van der Waals surface area contributed by atoms with E-state index in [1.54, 1.807) is 6.92 Å². The van der Waals surface area contributed by atoms with E-state index in [-0.39, 0.29) is 6.04 Å². The molecule has 1 N–H and O–H groups in total. The first kappa shape index (κ1) is 18.5.